The molecule has 0 spiro atoms. The van der Waals surface area contributed by atoms with Gasteiger partial charge in [0.15, 0.2) is 0 Å². The summed E-state index contributed by atoms with van der Waals surface area (Å²) >= 11 is 0. The van der Waals surface area contributed by atoms with Crippen LogP contribution in [0.25, 0.3) is 22.5 Å². The van der Waals surface area contributed by atoms with Crippen molar-refractivity contribution in [1.29, 1.82) is 0 Å². The number of nitrogens with zero attached hydrogens (tertiary/aromatic N) is 2. The summed E-state index contributed by atoms with van der Waals surface area (Å²) in [6, 6.07) is 21.8. The Kier molecular flexibility index (Phi) is 4.01. The highest BCUT2D eigenvalue weighted by Crippen LogP contribution is 2.26. The highest BCUT2D eigenvalue weighted by atomic mass is 16.5. The van der Waals surface area contributed by atoms with E-state index in [4.69, 9.17) is 4.74 Å². The Bertz CT molecular complexity index is 764. The van der Waals surface area contributed by atoms with E-state index in [0.717, 1.165) is 22.5 Å². The molecule has 0 fully saturated rings. The number of carbonyl (C=O) groups is 1. The summed E-state index contributed by atoms with van der Waals surface area (Å²) in [7, 11) is 1.38. The lowest BCUT2D eigenvalue weighted by Gasteiger charge is -2.05. The minimum Gasteiger partial charge on any atom is -0.468 e. The largest absolute Gasteiger partial charge is 0.468 e. The molecule has 0 radical (unpaired) electrons. The van der Waals surface area contributed by atoms with Crippen LogP contribution < -0.4 is 0 Å². The van der Waals surface area contributed by atoms with Gasteiger partial charge in [-0.3, -0.25) is 9.48 Å². The van der Waals surface area contributed by atoms with Crippen LogP contribution in [0.1, 0.15) is 0 Å². The van der Waals surface area contributed by atoms with Crippen LogP contribution in [0.15, 0.2) is 66.7 Å². The maximum absolute atomic E-state index is 11.6. The van der Waals surface area contributed by atoms with Gasteiger partial charge in [0, 0.05) is 5.56 Å². The monoisotopic (exact) mass is 292 g/mol. The fourth-order valence-electron chi connectivity index (χ4n) is 2.32. The summed E-state index contributed by atoms with van der Waals surface area (Å²) in [6.45, 7) is 0.0908. The van der Waals surface area contributed by atoms with E-state index in [1.165, 1.54) is 7.11 Å². The average Bonchev–Trinajstić information content (AvgIpc) is 3.00. The van der Waals surface area contributed by atoms with Crippen molar-refractivity contribution in [2.75, 3.05) is 7.11 Å². The third-order valence-corrected chi connectivity index (χ3v) is 3.43. The lowest BCUT2D eigenvalue weighted by atomic mass is 10.1. The second-order valence-electron chi connectivity index (χ2n) is 4.88. The molecule has 4 heteroatoms. The number of methoxy groups -OCH3 is 1. The van der Waals surface area contributed by atoms with Crippen molar-refractivity contribution in [3.63, 3.8) is 0 Å². The van der Waals surface area contributed by atoms with E-state index < -0.39 is 0 Å². The smallest absolute Gasteiger partial charge is 0.327 e. The van der Waals surface area contributed by atoms with Crippen molar-refractivity contribution >= 4 is 5.97 Å². The Morgan fingerprint density at radius 3 is 2.18 bits per heavy atom. The van der Waals surface area contributed by atoms with Crippen molar-refractivity contribution in [3.8, 4) is 22.5 Å². The summed E-state index contributed by atoms with van der Waals surface area (Å²) in [6.07, 6.45) is 0. The molecule has 0 atom stereocenters. The summed E-state index contributed by atoms with van der Waals surface area (Å²) in [5.41, 5.74) is 3.76. The fraction of sp³-hybridized carbons (Fsp3) is 0.111. The zero-order chi connectivity index (χ0) is 15.4. The molecule has 3 aromatic rings. The first-order chi connectivity index (χ1) is 10.8. The number of aromatic nitrogens is 2. The number of rotatable bonds is 4. The first-order valence-corrected chi connectivity index (χ1v) is 7.03. The van der Waals surface area contributed by atoms with Crippen molar-refractivity contribution in [1.82, 2.24) is 9.78 Å². The standard InChI is InChI=1S/C18H16N2O2/c1-22-18(21)13-20-17(15-10-6-3-7-11-15)12-16(19-20)14-8-4-2-5-9-14/h2-12H,13H2,1H3. The summed E-state index contributed by atoms with van der Waals surface area (Å²) in [5.74, 6) is -0.320. The molecule has 0 amide bonds. The fourth-order valence-corrected chi connectivity index (χ4v) is 2.32. The Morgan fingerprint density at radius 2 is 1.59 bits per heavy atom. The molecule has 0 aliphatic rings. The van der Waals surface area contributed by atoms with Crippen LogP contribution in [0.2, 0.25) is 0 Å². The molecule has 0 saturated heterocycles. The minimum atomic E-state index is -0.320. The number of ether oxygens (including phenoxy) is 1. The molecular weight excluding hydrogens is 276 g/mol. The Labute approximate surface area is 129 Å². The highest BCUT2D eigenvalue weighted by molar-refractivity contribution is 5.73. The molecular formula is C18H16N2O2. The van der Waals surface area contributed by atoms with Crippen LogP contribution in [0.3, 0.4) is 0 Å². The van der Waals surface area contributed by atoms with Gasteiger partial charge in [-0.2, -0.15) is 5.10 Å². The SMILES string of the molecule is COC(=O)Cn1nc(-c2ccccc2)cc1-c1ccccc1. The molecule has 4 nitrogen and oxygen atoms in total. The van der Waals surface area contributed by atoms with Gasteiger partial charge in [-0.25, -0.2) is 0 Å². The van der Waals surface area contributed by atoms with E-state index >= 15 is 0 Å². The number of esters is 1. The first-order valence-electron chi connectivity index (χ1n) is 7.03. The van der Waals surface area contributed by atoms with E-state index in [1.54, 1.807) is 4.68 Å². The number of benzene rings is 2. The van der Waals surface area contributed by atoms with Crippen LogP contribution in [0.4, 0.5) is 0 Å². The maximum Gasteiger partial charge on any atom is 0.327 e. The van der Waals surface area contributed by atoms with E-state index in [2.05, 4.69) is 5.10 Å². The molecule has 0 aliphatic heterocycles. The number of hydrogen-bond acceptors (Lipinski definition) is 3. The molecule has 0 aliphatic carbocycles. The van der Waals surface area contributed by atoms with E-state index in [1.807, 2.05) is 66.7 Å². The lowest BCUT2D eigenvalue weighted by Crippen LogP contribution is -2.13. The number of carbonyl (C=O) groups excluding carboxylic acids is 1. The second-order valence-corrected chi connectivity index (χ2v) is 4.88. The van der Waals surface area contributed by atoms with Crippen LogP contribution >= 0.6 is 0 Å². The molecule has 2 aromatic carbocycles. The van der Waals surface area contributed by atoms with Crippen LogP contribution in [0.5, 0.6) is 0 Å². The Hall–Kier alpha value is -2.88. The predicted octanol–water partition coefficient (Wildman–Crippen LogP) is 3.39. The van der Waals surface area contributed by atoms with Gasteiger partial charge in [0.25, 0.3) is 0 Å². The van der Waals surface area contributed by atoms with Crippen molar-refractivity contribution < 1.29 is 9.53 Å². The van der Waals surface area contributed by atoms with Gasteiger partial charge < -0.3 is 4.74 Å². The van der Waals surface area contributed by atoms with Crippen LogP contribution in [0, 0.1) is 0 Å². The van der Waals surface area contributed by atoms with E-state index in [-0.39, 0.29) is 12.5 Å². The Morgan fingerprint density at radius 1 is 1.00 bits per heavy atom. The van der Waals surface area contributed by atoms with Crippen LogP contribution in [-0.2, 0) is 16.1 Å². The average molecular weight is 292 g/mol. The zero-order valence-electron chi connectivity index (χ0n) is 12.3. The van der Waals surface area contributed by atoms with Crippen molar-refractivity contribution in [3.05, 3.63) is 66.7 Å². The van der Waals surface area contributed by atoms with Crippen molar-refractivity contribution in [2.24, 2.45) is 0 Å². The van der Waals surface area contributed by atoms with Crippen molar-refractivity contribution in [2.45, 2.75) is 6.54 Å². The summed E-state index contributed by atoms with van der Waals surface area (Å²) in [4.78, 5) is 11.6. The van der Waals surface area contributed by atoms with Crippen LogP contribution in [-0.4, -0.2) is 22.9 Å². The van der Waals surface area contributed by atoms with Gasteiger partial charge in [-0.05, 0) is 11.6 Å². The molecule has 0 unspecified atom stereocenters. The summed E-state index contributed by atoms with van der Waals surface area (Å²) < 4.78 is 6.44. The van der Waals surface area contributed by atoms with Gasteiger partial charge in [-0.15, -0.1) is 0 Å². The third-order valence-electron chi connectivity index (χ3n) is 3.43. The molecule has 0 N–H and O–H groups in total. The number of hydrogen-bond donors (Lipinski definition) is 0. The molecule has 0 saturated carbocycles. The maximum atomic E-state index is 11.6. The van der Waals surface area contributed by atoms with Gasteiger partial charge in [0.05, 0.1) is 18.5 Å². The normalized spacial score (nSPS) is 10.4. The quantitative estimate of drug-likeness (QED) is 0.692. The first kappa shape index (κ1) is 14.1. The highest BCUT2D eigenvalue weighted by Gasteiger charge is 2.14. The molecule has 22 heavy (non-hydrogen) atoms. The minimum absolute atomic E-state index is 0.0908. The topological polar surface area (TPSA) is 44.1 Å². The molecule has 0 bridgehead atoms. The van der Waals surface area contributed by atoms with E-state index in [9.17, 15) is 4.79 Å². The molecule has 1 heterocycles. The van der Waals surface area contributed by atoms with Gasteiger partial charge >= 0.3 is 5.97 Å². The third kappa shape index (κ3) is 2.91. The second kappa shape index (κ2) is 6.26. The zero-order valence-corrected chi connectivity index (χ0v) is 12.3. The van der Waals surface area contributed by atoms with Gasteiger partial charge in [0.1, 0.15) is 6.54 Å². The van der Waals surface area contributed by atoms with Gasteiger partial charge in [-0.1, -0.05) is 60.7 Å². The lowest BCUT2D eigenvalue weighted by molar-refractivity contribution is -0.141. The predicted molar refractivity (Wildman–Crippen MR) is 85.1 cm³/mol. The molecule has 1 aromatic heterocycles. The Balaban J connectivity index is 2.07. The molecule has 3 rings (SSSR count). The molecule has 110 valence electrons. The summed E-state index contributed by atoms with van der Waals surface area (Å²) in [5, 5.41) is 4.56. The van der Waals surface area contributed by atoms with Gasteiger partial charge in [0.2, 0.25) is 0 Å². The van der Waals surface area contributed by atoms with E-state index in [0.29, 0.717) is 0 Å².